The minimum Gasteiger partial charge on any atom is -0.325 e. The van der Waals surface area contributed by atoms with Gasteiger partial charge in [0.15, 0.2) is 0 Å². The molecule has 1 N–H and O–H groups in total. The highest BCUT2D eigenvalue weighted by Gasteiger charge is 2.10. The number of hydrogen-bond donors (Lipinski definition) is 1. The molecule has 0 bridgehead atoms. The van der Waals surface area contributed by atoms with Crippen molar-refractivity contribution in [3.63, 3.8) is 0 Å². The molecule has 2 rings (SSSR count). The zero-order valence-electron chi connectivity index (χ0n) is 14.0. The van der Waals surface area contributed by atoms with Crippen LogP contribution >= 0.6 is 11.8 Å². The van der Waals surface area contributed by atoms with Gasteiger partial charge in [0.05, 0.1) is 17.1 Å². The molecule has 0 saturated heterocycles. The molecular weight excluding hydrogens is 308 g/mol. The number of nitrogens with one attached hydrogen (secondary N) is 1. The fraction of sp³-hybridized carbons (Fsp3) is 0.412. The number of carbonyl (C=O) groups excluding carboxylic acids is 1. The van der Waals surface area contributed by atoms with Crippen LogP contribution in [0.5, 0.6) is 0 Å². The van der Waals surface area contributed by atoms with Gasteiger partial charge in [-0.15, -0.1) is 5.10 Å². The molecule has 1 aromatic carbocycles. The maximum atomic E-state index is 12.1. The molecule has 1 amide bonds. The van der Waals surface area contributed by atoms with Crippen molar-refractivity contribution in [1.29, 1.82) is 0 Å². The van der Waals surface area contributed by atoms with Crippen LogP contribution in [0.25, 0.3) is 0 Å². The predicted molar refractivity (Wildman–Crippen MR) is 93.9 cm³/mol. The zero-order chi connectivity index (χ0) is 16.8. The van der Waals surface area contributed by atoms with Crippen LogP contribution in [0, 0.1) is 13.8 Å². The maximum absolute atomic E-state index is 12.1. The largest absolute Gasteiger partial charge is 0.325 e. The minimum atomic E-state index is -0.0649. The highest BCUT2D eigenvalue weighted by atomic mass is 32.2. The molecule has 0 aliphatic rings. The molecule has 23 heavy (non-hydrogen) atoms. The number of benzene rings is 1. The number of carbonyl (C=O) groups is 1. The van der Waals surface area contributed by atoms with Crippen molar-refractivity contribution in [3.8, 4) is 0 Å². The Morgan fingerprint density at radius 3 is 2.57 bits per heavy atom. The number of aromatic nitrogens is 3. The molecule has 6 heteroatoms. The Balaban J connectivity index is 1.98. The van der Waals surface area contributed by atoms with Gasteiger partial charge in [-0.25, -0.2) is 4.98 Å². The van der Waals surface area contributed by atoms with Gasteiger partial charge in [-0.1, -0.05) is 37.7 Å². The summed E-state index contributed by atoms with van der Waals surface area (Å²) in [7, 11) is 0. The summed E-state index contributed by atoms with van der Waals surface area (Å²) in [5.74, 6) is 0.203. The molecule has 0 atom stereocenters. The Kier molecular flexibility index (Phi) is 6.10. The molecule has 0 radical (unpaired) electrons. The predicted octanol–water partition coefficient (Wildman–Crippen LogP) is 3.34. The molecular formula is C17H22N4OS. The number of anilines is 1. The number of nitrogens with zero attached hydrogens (tertiary/aromatic N) is 3. The summed E-state index contributed by atoms with van der Waals surface area (Å²) in [5.41, 5.74) is 4.98. The molecule has 0 aliphatic heterocycles. The lowest BCUT2D eigenvalue weighted by Crippen LogP contribution is -2.15. The van der Waals surface area contributed by atoms with Crippen molar-refractivity contribution in [2.24, 2.45) is 0 Å². The van der Waals surface area contributed by atoms with E-state index < -0.39 is 0 Å². The standard InChI is InChI=1S/C17H22N4OS/c1-5-13-14(6-2)20-21-17(19-13)23-10-16(22)18-15-9-7-8-11(3)12(15)4/h7-9H,5-6,10H2,1-4H3,(H,18,22). The van der Waals surface area contributed by atoms with E-state index in [2.05, 4.69) is 20.5 Å². The van der Waals surface area contributed by atoms with E-state index in [1.54, 1.807) is 0 Å². The Morgan fingerprint density at radius 1 is 1.13 bits per heavy atom. The fourth-order valence-corrected chi connectivity index (χ4v) is 2.79. The van der Waals surface area contributed by atoms with Crippen LogP contribution < -0.4 is 5.32 Å². The summed E-state index contributed by atoms with van der Waals surface area (Å²) in [4.78, 5) is 16.6. The molecule has 2 aromatic rings. The molecule has 0 fully saturated rings. The molecule has 0 spiro atoms. The van der Waals surface area contributed by atoms with Crippen LogP contribution in [-0.2, 0) is 17.6 Å². The first kappa shape index (κ1) is 17.4. The average Bonchev–Trinajstić information content (AvgIpc) is 2.56. The van der Waals surface area contributed by atoms with Gasteiger partial charge >= 0.3 is 0 Å². The summed E-state index contributed by atoms with van der Waals surface area (Å²) < 4.78 is 0. The van der Waals surface area contributed by atoms with Gasteiger partial charge in [0, 0.05) is 5.69 Å². The van der Waals surface area contributed by atoms with Gasteiger partial charge in [0.25, 0.3) is 0 Å². The number of amides is 1. The van der Waals surface area contributed by atoms with Crippen LogP contribution in [-0.4, -0.2) is 26.8 Å². The van der Waals surface area contributed by atoms with E-state index >= 15 is 0 Å². The second-order valence-electron chi connectivity index (χ2n) is 5.28. The first-order valence-corrected chi connectivity index (χ1v) is 8.75. The second-order valence-corrected chi connectivity index (χ2v) is 6.22. The average molecular weight is 330 g/mol. The smallest absolute Gasteiger partial charge is 0.234 e. The van der Waals surface area contributed by atoms with E-state index in [0.29, 0.717) is 5.16 Å². The highest BCUT2D eigenvalue weighted by Crippen LogP contribution is 2.19. The van der Waals surface area contributed by atoms with E-state index in [1.165, 1.54) is 11.8 Å². The minimum absolute atomic E-state index is 0.0649. The third-order valence-corrected chi connectivity index (χ3v) is 4.54. The molecule has 1 aromatic heterocycles. The summed E-state index contributed by atoms with van der Waals surface area (Å²) in [6.45, 7) is 8.11. The van der Waals surface area contributed by atoms with E-state index in [9.17, 15) is 4.79 Å². The molecule has 5 nitrogen and oxygen atoms in total. The first-order valence-electron chi connectivity index (χ1n) is 7.76. The monoisotopic (exact) mass is 330 g/mol. The Morgan fingerprint density at radius 2 is 1.87 bits per heavy atom. The van der Waals surface area contributed by atoms with Crippen molar-refractivity contribution in [1.82, 2.24) is 15.2 Å². The van der Waals surface area contributed by atoms with Crippen molar-refractivity contribution in [2.45, 2.75) is 45.7 Å². The lowest BCUT2D eigenvalue weighted by Gasteiger charge is -2.10. The van der Waals surface area contributed by atoms with E-state index in [4.69, 9.17) is 0 Å². The first-order chi connectivity index (χ1) is 11.0. The Bertz CT molecular complexity index is 703. The summed E-state index contributed by atoms with van der Waals surface area (Å²) >= 11 is 1.31. The van der Waals surface area contributed by atoms with Crippen LogP contribution in [0.4, 0.5) is 5.69 Å². The van der Waals surface area contributed by atoms with Gasteiger partial charge in [-0.3, -0.25) is 4.79 Å². The van der Waals surface area contributed by atoms with Crippen LogP contribution in [0.1, 0.15) is 36.4 Å². The number of aryl methyl sites for hydroxylation is 3. The van der Waals surface area contributed by atoms with Crippen LogP contribution in [0.15, 0.2) is 23.4 Å². The number of rotatable bonds is 6. The topological polar surface area (TPSA) is 67.8 Å². The number of hydrogen-bond acceptors (Lipinski definition) is 5. The molecule has 0 unspecified atom stereocenters. The van der Waals surface area contributed by atoms with Gasteiger partial charge in [-0.05, 0) is 43.9 Å². The van der Waals surface area contributed by atoms with Gasteiger partial charge in [-0.2, -0.15) is 5.10 Å². The van der Waals surface area contributed by atoms with Crippen molar-refractivity contribution in [3.05, 3.63) is 40.7 Å². The molecule has 0 saturated carbocycles. The third kappa shape index (κ3) is 4.51. The second kappa shape index (κ2) is 8.06. The van der Waals surface area contributed by atoms with Crippen molar-refractivity contribution >= 4 is 23.4 Å². The fourth-order valence-electron chi connectivity index (χ4n) is 2.19. The zero-order valence-corrected chi connectivity index (χ0v) is 14.8. The van der Waals surface area contributed by atoms with Crippen molar-refractivity contribution < 1.29 is 4.79 Å². The Hall–Kier alpha value is -1.95. The SMILES string of the molecule is CCc1nnc(SCC(=O)Nc2cccc(C)c2C)nc1CC. The maximum Gasteiger partial charge on any atom is 0.234 e. The van der Waals surface area contributed by atoms with Crippen LogP contribution in [0.2, 0.25) is 0 Å². The lowest BCUT2D eigenvalue weighted by atomic mass is 10.1. The summed E-state index contributed by atoms with van der Waals surface area (Å²) in [6, 6.07) is 5.88. The van der Waals surface area contributed by atoms with Gasteiger partial charge in [0.1, 0.15) is 0 Å². The molecule has 122 valence electrons. The normalized spacial score (nSPS) is 10.6. The lowest BCUT2D eigenvalue weighted by molar-refractivity contribution is -0.113. The van der Waals surface area contributed by atoms with Gasteiger partial charge in [0.2, 0.25) is 11.1 Å². The van der Waals surface area contributed by atoms with E-state index in [1.807, 2.05) is 45.9 Å². The van der Waals surface area contributed by atoms with E-state index in [0.717, 1.165) is 41.0 Å². The third-order valence-electron chi connectivity index (χ3n) is 3.70. The summed E-state index contributed by atoms with van der Waals surface area (Å²) in [5, 5.41) is 11.8. The Labute approximate surface area is 141 Å². The van der Waals surface area contributed by atoms with Crippen molar-refractivity contribution in [2.75, 3.05) is 11.1 Å². The quantitative estimate of drug-likeness (QED) is 0.823. The summed E-state index contributed by atoms with van der Waals surface area (Å²) in [6.07, 6.45) is 1.64. The number of thioether (sulfide) groups is 1. The highest BCUT2D eigenvalue weighted by molar-refractivity contribution is 7.99. The molecule has 0 aliphatic carbocycles. The van der Waals surface area contributed by atoms with E-state index in [-0.39, 0.29) is 11.7 Å². The van der Waals surface area contributed by atoms with Gasteiger partial charge < -0.3 is 5.32 Å². The van der Waals surface area contributed by atoms with Crippen LogP contribution in [0.3, 0.4) is 0 Å². The molecule has 1 heterocycles.